The Morgan fingerprint density at radius 2 is 1.90 bits per heavy atom. The fourth-order valence-corrected chi connectivity index (χ4v) is 1.71. The first-order valence-corrected chi connectivity index (χ1v) is 5.82. The summed E-state index contributed by atoms with van der Waals surface area (Å²) in [5.41, 5.74) is 0.333. The third-order valence-corrected chi connectivity index (χ3v) is 2.62. The number of benzene rings is 1. The van der Waals surface area contributed by atoms with Crippen LogP contribution < -0.4 is 10.3 Å². The summed E-state index contributed by atoms with van der Waals surface area (Å²) in [5, 5.41) is 0. The van der Waals surface area contributed by atoms with Crippen LogP contribution in [-0.2, 0) is 6.54 Å². The minimum Gasteiger partial charge on any atom is -0.406 e. The molecular formula is C13H11F3N2O2. The van der Waals surface area contributed by atoms with E-state index in [1.165, 1.54) is 22.9 Å². The topological polar surface area (TPSA) is 44.1 Å². The van der Waals surface area contributed by atoms with Gasteiger partial charge in [0, 0.05) is 24.5 Å². The van der Waals surface area contributed by atoms with E-state index in [0.29, 0.717) is 12.1 Å². The van der Waals surface area contributed by atoms with E-state index in [1.54, 1.807) is 6.20 Å². The Labute approximate surface area is 112 Å². The molecule has 2 aromatic rings. The molecule has 0 bridgehead atoms. The second-order valence-corrected chi connectivity index (χ2v) is 3.94. The fourth-order valence-electron chi connectivity index (χ4n) is 1.71. The summed E-state index contributed by atoms with van der Waals surface area (Å²) in [6.45, 7) is 2.30. The Morgan fingerprint density at radius 1 is 1.25 bits per heavy atom. The molecule has 0 fully saturated rings. The largest absolute Gasteiger partial charge is 0.573 e. The lowest BCUT2D eigenvalue weighted by atomic mass is 10.1. The van der Waals surface area contributed by atoms with Crippen LogP contribution in [0.15, 0.2) is 41.5 Å². The van der Waals surface area contributed by atoms with Gasteiger partial charge >= 0.3 is 6.36 Å². The number of nitrogens with zero attached hydrogens (tertiary/aromatic N) is 2. The lowest BCUT2D eigenvalue weighted by Gasteiger charge is -2.09. The minimum absolute atomic E-state index is 0.188. The molecule has 7 heteroatoms. The third-order valence-electron chi connectivity index (χ3n) is 2.62. The van der Waals surface area contributed by atoms with Gasteiger partial charge in [-0.05, 0) is 31.2 Å². The fraction of sp³-hybridized carbons (Fsp3) is 0.231. The Hall–Kier alpha value is -2.31. The summed E-state index contributed by atoms with van der Waals surface area (Å²) in [6.07, 6.45) is -1.71. The minimum atomic E-state index is -4.73. The lowest BCUT2D eigenvalue weighted by Crippen LogP contribution is -2.21. The highest BCUT2D eigenvalue weighted by molar-refractivity contribution is 5.58. The van der Waals surface area contributed by atoms with Crippen LogP contribution in [0.25, 0.3) is 11.3 Å². The summed E-state index contributed by atoms with van der Waals surface area (Å²) >= 11 is 0. The van der Waals surface area contributed by atoms with Crippen molar-refractivity contribution in [3.05, 3.63) is 47.0 Å². The highest BCUT2D eigenvalue weighted by atomic mass is 19.4. The second-order valence-electron chi connectivity index (χ2n) is 3.94. The number of halogens is 3. The van der Waals surface area contributed by atoms with E-state index in [1.807, 2.05) is 6.92 Å². The van der Waals surface area contributed by atoms with Crippen LogP contribution in [0.4, 0.5) is 13.2 Å². The van der Waals surface area contributed by atoms with Crippen LogP contribution in [-0.4, -0.2) is 15.9 Å². The molecule has 2 rings (SSSR count). The number of rotatable bonds is 3. The number of hydrogen-bond acceptors (Lipinski definition) is 3. The van der Waals surface area contributed by atoms with Crippen molar-refractivity contribution in [2.24, 2.45) is 0 Å². The SMILES string of the molecule is CCn1ccnc(-c2ccc(OC(F)(F)F)cc2)c1=O. The van der Waals surface area contributed by atoms with Gasteiger partial charge in [-0.3, -0.25) is 4.79 Å². The average molecular weight is 284 g/mol. The highest BCUT2D eigenvalue weighted by Crippen LogP contribution is 2.24. The summed E-state index contributed by atoms with van der Waals surface area (Å²) in [7, 11) is 0. The second kappa shape index (κ2) is 5.36. The van der Waals surface area contributed by atoms with Gasteiger partial charge in [0.15, 0.2) is 0 Å². The predicted octanol–water partition coefficient (Wildman–Crippen LogP) is 2.83. The maximum atomic E-state index is 12.0. The van der Waals surface area contributed by atoms with Crippen LogP contribution in [0.5, 0.6) is 5.75 Å². The number of hydrogen-bond donors (Lipinski definition) is 0. The molecule has 1 heterocycles. The molecule has 4 nitrogen and oxygen atoms in total. The Bertz CT molecular complexity index is 648. The zero-order chi connectivity index (χ0) is 14.8. The van der Waals surface area contributed by atoms with Gasteiger partial charge in [-0.2, -0.15) is 0 Å². The molecule has 0 spiro atoms. The standard InChI is InChI=1S/C13H11F3N2O2/c1-2-18-8-7-17-11(12(18)19)9-3-5-10(6-4-9)20-13(14,15)16/h3-8H,2H2,1H3. The third kappa shape index (κ3) is 3.17. The number of alkyl halides is 3. The van der Waals surface area contributed by atoms with Gasteiger partial charge in [0.1, 0.15) is 11.4 Å². The van der Waals surface area contributed by atoms with Crippen molar-refractivity contribution < 1.29 is 17.9 Å². The number of ether oxygens (including phenoxy) is 1. The van der Waals surface area contributed by atoms with E-state index in [0.717, 1.165) is 12.1 Å². The molecular weight excluding hydrogens is 273 g/mol. The van der Waals surface area contributed by atoms with Crippen LogP contribution in [0.3, 0.4) is 0 Å². The van der Waals surface area contributed by atoms with Crippen molar-refractivity contribution >= 4 is 0 Å². The predicted molar refractivity (Wildman–Crippen MR) is 66.3 cm³/mol. The molecule has 0 amide bonds. The first kappa shape index (κ1) is 14.1. The molecule has 20 heavy (non-hydrogen) atoms. The molecule has 1 aromatic carbocycles. The maximum Gasteiger partial charge on any atom is 0.573 e. The van der Waals surface area contributed by atoms with E-state index >= 15 is 0 Å². The van der Waals surface area contributed by atoms with Crippen molar-refractivity contribution in [2.45, 2.75) is 19.8 Å². The van der Waals surface area contributed by atoms with Crippen LogP contribution in [0, 0.1) is 0 Å². The number of aryl methyl sites for hydroxylation is 1. The van der Waals surface area contributed by atoms with Crippen molar-refractivity contribution in [2.75, 3.05) is 0 Å². The van der Waals surface area contributed by atoms with E-state index in [-0.39, 0.29) is 17.0 Å². The normalized spacial score (nSPS) is 11.4. The highest BCUT2D eigenvalue weighted by Gasteiger charge is 2.31. The zero-order valence-corrected chi connectivity index (χ0v) is 10.5. The lowest BCUT2D eigenvalue weighted by molar-refractivity contribution is -0.274. The van der Waals surface area contributed by atoms with E-state index in [9.17, 15) is 18.0 Å². The summed E-state index contributed by atoms with van der Waals surface area (Å²) < 4.78 is 41.3. The monoisotopic (exact) mass is 284 g/mol. The number of aromatic nitrogens is 2. The Kier molecular flexibility index (Phi) is 3.78. The van der Waals surface area contributed by atoms with E-state index in [2.05, 4.69) is 9.72 Å². The Morgan fingerprint density at radius 3 is 2.45 bits per heavy atom. The zero-order valence-electron chi connectivity index (χ0n) is 10.5. The molecule has 0 aliphatic rings. The van der Waals surface area contributed by atoms with Gasteiger partial charge in [0.05, 0.1) is 0 Å². The summed E-state index contributed by atoms with van der Waals surface area (Å²) in [5.74, 6) is -0.340. The molecule has 0 atom stereocenters. The molecule has 0 aliphatic carbocycles. The van der Waals surface area contributed by atoms with Crippen LogP contribution in [0.1, 0.15) is 6.92 Å². The van der Waals surface area contributed by atoms with Crippen molar-refractivity contribution in [3.8, 4) is 17.0 Å². The van der Waals surface area contributed by atoms with Gasteiger partial charge in [-0.25, -0.2) is 4.98 Å². The molecule has 0 saturated carbocycles. The van der Waals surface area contributed by atoms with Crippen molar-refractivity contribution in [1.29, 1.82) is 0 Å². The quantitative estimate of drug-likeness (QED) is 0.870. The molecule has 106 valence electrons. The smallest absolute Gasteiger partial charge is 0.406 e. The van der Waals surface area contributed by atoms with Gasteiger partial charge in [0.25, 0.3) is 5.56 Å². The maximum absolute atomic E-state index is 12.0. The molecule has 0 aliphatic heterocycles. The molecule has 0 N–H and O–H groups in total. The van der Waals surface area contributed by atoms with Gasteiger partial charge < -0.3 is 9.30 Å². The summed E-state index contributed by atoms with van der Waals surface area (Å²) in [4.78, 5) is 16.0. The summed E-state index contributed by atoms with van der Waals surface area (Å²) in [6, 6.07) is 5.02. The first-order valence-electron chi connectivity index (χ1n) is 5.82. The molecule has 0 saturated heterocycles. The van der Waals surface area contributed by atoms with Gasteiger partial charge in [-0.1, -0.05) is 0 Å². The van der Waals surface area contributed by atoms with Crippen molar-refractivity contribution in [1.82, 2.24) is 9.55 Å². The van der Waals surface area contributed by atoms with Gasteiger partial charge in [-0.15, -0.1) is 13.2 Å². The first-order chi connectivity index (χ1) is 9.40. The van der Waals surface area contributed by atoms with Crippen LogP contribution >= 0.6 is 0 Å². The van der Waals surface area contributed by atoms with E-state index < -0.39 is 6.36 Å². The molecule has 0 radical (unpaired) electrons. The molecule has 1 aromatic heterocycles. The van der Waals surface area contributed by atoms with E-state index in [4.69, 9.17) is 0 Å². The van der Waals surface area contributed by atoms with Gasteiger partial charge in [0.2, 0.25) is 0 Å². The van der Waals surface area contributed by atoms with Crippen molar-refractivity contribution in [3.63, 3.8) is 0 Å². The average Bonchev–Trinajstić information content (AvgIpc) is 2.38. The Balaban J connectivity index is 2.33. The molecule has 0 unspecified atom stereocenters. The van der Waals surface area contributed by atoms with Crippen LogP contribution in [0.2, 0.25) is 0 Å².